The standard InChI is InChI=1S/C13H18ClNO2.ClH/c1-2-3-7-13(15,12(16)17)9-10-5-4-6-11(14)8-10;/h4-6,8H,2-3,7,9,15H2,1H3,(H,16,17);1H/t13-;/m1./s1. The molecule has 0 unspecified atom stereocenters. The molecular formula is C13H19Cl2NO2. The summed E-state index contributed by atoms with van der Waals surface area (Å²) < 4.78 is 0. The minimum atomic E-state index is -1.19. The van der Waals surface area contributed by atoms with Crippen molar-refractivity contribution in [3.05, 3.63) is 34.9 Å². The lowest BCUT2D eigenvalue weighted by atomic mass is 9.87. The molecule has 0 radical (unpaired) electrons. The van der Waals surface area contributed by atoms with Gasteiger partial charge in [0.1, 0.15) is 5.54 Å². The van der Waals surface area contributed by atoms with Gasteiger partial charge in [0.2, 0.25) is 0 Å². The molecule has 3 N–H and O–H groups in total. The number of carboxylic acid groups (broad SMARTS) is 1. The number of hydrogen-bond acceptors (Lipinski definition) is 2. The zero-order valence-electron chi connectivity index (χ0n) is 10.4. The van der Waals surface area contributed by atoms with Gasteiger partial charge in [0.05, 0.1) is 0 Å². The van der Waals surface area contributed by atoms with Gasteiger partial charge in [0.15, 0.2) is 0 Å². The summed E-state index contributed by atoms with van der Waals surface area (Å²) in [5, 5.41) is 9.83. The van der Waals surface area contributed by atoms with E-state index in [1.165, 1.54) is 0 Å². The molecule has 1 rings (SSSR count). The smallest absolute Gasteiger partial charge is 0.324 e. The third kappa shape index (κ3) is 4.84. The molecule has 0 amide bonds. The first kappa shape index (κ1) is 17.2. The molecule has 0 aliphatic rings. The summed E-state index contributed by atoms with van der Waals surface area (Å²) in [4.78, 5) is 11.3. The molecule has 0 fully saturated rings. The molecule has 0 aliphatic heterocycles. The second-order valence-corrected chi connectivity index (χ2v) is 4.81. The third-order valence-electron chi connectivity index (χ3n) is 2.81. The Morgan fingerprint density at radius 1 is 1.50 bits per heavy atom. The number of benzene rings is 1. The predicted molar refractivity (Wildman–Crippen MR) is 76.5 cm³/mol. The molecule has 18 heavy (non-hydrogen) atoms. The summed E-state index contributed by atoms with van der Waals surface area (Å²) in [6.45, 7) is 2.02. The molecule has 0 aromatic heterocycles. The highest BCUT2D eigenvalue weighted by atomic mass is 35.5. The first-order valence-electron chi connectivity index (χ1n) is 5.74. The highest BCUT2D eigenvalue weighted by Crippen LogP contribution is 2.20. The highest BCUT2D eigenvalue weighted by Gasteiger charge is 2.33. The molecule has 0 bridgehead atoms. The molecule has 1 aromatic carbocycles. The largest absolute Gasteiger partial charge is 0.480 e. The van der Waals surface area contributed by atoms with E-state index in [2.05, 4.69) is 0 Å². The Hall–Kier alpha value is -0.770. The lowest BCUT2D eigenvalue weighted by molar-refractivity contribution is -0.143. The molecule has 102 valence electrons. The van der Waals surface area contributed by atoms with Gasteiger partial charge in [-0.05, 0) is 24.1 Å². The van der Waals surface area contributed by atoms with Gasteiger partial charge >= 0.3 is 5.97 Å². The van der Waals surface area contributed by atoms with Crippen LogP contribution < -0.4 is 5.73 Å². The molecule has 1 atom stereocenters. The monoisotopic (exact) mass is 291 g/mol. The Morgan fingerprint density at radius 3 is 2.67 bits per heavy atom. The van der Waals surface area contributed by atoms with Gasteiger partial charge in [-0.25, -0.2) is 0 Å². The molecule has 0 heterocycles. The van der Waals surface area contributed by atoms with Crippen LogP contribution in [0.2, 0.25) is 5.02 Å². The molecule has 0 aliphatic carbocycles. The summed E-state index contributed by atoms with van der Waals surface area (Å²) in [7, 11) is 0. The zero-order valence-corrected chi connectivity index (χ0v) is 11.9. The van der Waals surface area contributed by atoms with Gasteiger partial charge in [-0.2, -0.15) is 0 Å². The second kappa shape index (κ2) is 7.62. The van der Waals surface area contributed by atoms with Crippen LogP contribution in [0.4, 0.5) is 0 Å². The van der Waals surface area contributed by atoms with Gasteiger partial charge in [0, 0.05) is 11.4 Å². The van der Waals surface area contributed by atoms with E-state index in [-0.39, 0.29) is 12.4 Å². The van der Waals surface area contributed by atoms with E-state index in [0.29, 0.717) is 17.9 Å². The van der Waals surface area contributed by atoms with Crippen molar-refractivity contribution in [2.24, 2.45) is 5.73 Å². The van der Waals surface area contributed by atoms with E-state index in [1.807, 2.05) is 13.0 Å². The number of carbonyl (C=O) groups is 1. The van der Waals surface area contributed by atoms with E-state index in [4.69, 9.17) is 17.3 Å². The van der Waals surface area contributed by atoms with Crippen molar-refractivity contribution >= 4 is 30.0 Å². The predicted octanol–water partition coefficient (Wildman–Crippen LogP) is 3.28. The number of rotatable bonds is 6. The summed E-state index contributed by atoms with van der Waals surface area (Å²) in [5.41, 5.74) is 5.63. The summed E-state index contributed by atoms with van der Waals surface area (Å²) in [6.07, 6.45) is 2.53. The molecule has 0 saturated heterocycles. The van der Waals surface area contributed by atoms with Gasteiger partial charge < -0.3 is 10.8 Å². The normalized spacial score (nSPS) is 13.5. The Morgan fingerprint density at radius 2 is 2.17 bits per heavy atom. The Kier molecular flexibility index (Phi) is 7.29. The van der Waals surface area contributed by atoms with Crippen LogP contribution in [0.15, 0.2) is 24.3 Å². The average molecular weight is 292 g/mol. The van der Waals surface area contributed by atoms with Crippen LogP contribution in [0.5, 0.6) is 0 Å². The maximum atomic E-state index is 11.3. The second-order valence-electron chi connectivity index (χ2n) is 4.37. The summed E-state index contributed by atoms with van der Waals surface area (Å²) in [5.74, 6) is -0.953. The van der Waals surface area contributed by atoms with Crippen molar-refractivity contribution in [2.75, 3.05) is 0 Å². The van der Waals surface area contributed by atoms with E-state index < -0.39 is 11.5 Å². The first-order chi connectivity index (χ1) is 7.98. The van der Waals surface area contributed by atoms with Crippen LogP contribution in [0.3, 0.4) is 0 Å². The minimum absolute atomic E-state index is 0. The topological polar surface area (TPSA) is 63.3 Å². The van der Waals surface area contributed by atoms with Gasteiger partial charge in [-0.15, -0.1) is 12.4 Å². The van der Waals surface area contributed by atoms with Crippen molar-refractivity contribution in [1.82, 2.24) is 0 Å². The quantitative estimate of drug-likeness (QED) is 0.845. The number of nitrogens with two attached hydrogens (primary N) is 1. The van der Waals surface area contributed by atoms with Crippen LogP contribution in [0.25, 0.3) is 0 Å². The average Bonchev–Trinajstić information content (AvgIpc) is 2.26. The number of hydrogen-bond donors (Lipinski definition) is 2. The summed E-state index contributed by atoms with van der Waals surface area (Å²) in [6, 6.07) is 7.18. The lowest BCUT2D eigenvalue weighted by Gasteiger charge is -2.24. The van der Waals surface area contributed by atoms with E-state index >= 15 is 0 Å². The van der Waals surface area contributed by atoms with Gasteiger partial charge in [-0.3, -0.25) is 4.79 Å². The number of halogens is 2. The maximum absolute atomic E-state index is 11.3. The van der Waals surface area contributed by atoms with Gasteiger partial charge in [-0.1, -0.05) is 43.5 Å². The van der Waals surface area contributed by atoms with Crippen LogP contribution in [-0.2, 0) is 11.2 Å². The van der Waals surface area contributed by atoms with Crippen molar-refractivity contribution in [1.29, 1.82) is 0 Å². The van der Waals surface area contributed by atoms with E-state index in [1.54, 1.807) is 18.2 Å². The molecular weight excluding hydrogens is 273 g/mol. The van der Waals surface area contributed by atoms with Crippen LogP contribution in [0, 0.1) is 0 Å². The number of unbranched alkanes of at least 4 members (excludes halogenated alkanes) is 1. The van der Waals surface area contributed by atoms with Crippen molar-refractivity contribution in [3.8, 4) is 0 Å². The molecule has 5 heteroatoms. The van der Waals surface area contributed by atoms with Crippen molar-refractivity contribution < 1.29 is 9.90 Å². The lowest BCUT2D eigenvalue weighted by Crippen LogP contribution is -2.49. The van der Waals surface area contributed by atoms with Crippen LogP contribution in [0.1, 0.15) is 31.7 Å². The van der Waals surface area contributed by atoms with E-state index in [9.17, 15) is 9.90 Å². The first-order valence-corrected chi connectivity index (χ1v) is 6.12. The molecule has 0 spiro atoms. The number of aliphatic carboxylic acids is 1. The Labute approximate surface area is 119 Å². The van der Waals surface area contributed by atoms with E-state index in [0.717, 1.165) is 18.4 Å². The Balaban J connectivity index is 0.00000289. The third-order valence-corrected chi connectivity index (χ3v) is 3.05. The Bertz CT molecular complexity index is 398. The maximum Gasteiger partial charge on any atom is 0.324 e. The number of carboxylic acids is 1. The fraction of sp³-hybridized carbons (Fsp3) is 0.462. The fourth-order valence-electron chi connectivity index (χ4n) is 1.77. The fourth-order valence-corrected chi connectivity index (χ4v) is 1.99. The highest BCUT2D eigenvalue weighted by molar-refractivity contribution is 6.30. The SMILES string of the molecule is CCCC[C@@](N)(Cc1cccc(Cl)c1)C(=O)O.Cl. The minimum Gasteiger partial charge on any atom is -0.480 e. The van der Waals surface area contributed by atoms with Crippen molar-refractivity contribution in [2.45, 2.75) is 38.1 Å². The van der Waals surface area contributed by atoms with Crippen LogP contribution in [-0.4, -0.2) is 16.6 Å². The zero-order chi connectivity index (χ0) is 12.9. The van der Waals surface area contributed by atoms with Crippen LogP contribution >= 0.6 is 24.0 Å². The van der Waals surface area contributed by atoms with Gasteiger partial charge in [0.25, 0.3) is 0 Å². The molecule has 1 aromatic rings. The molecule has 0 saturated carbocycles. The van der Waals surface area contributed by atoms with Crippen molar-refractivity contribution in [3.63, 3.8) is 0 Å². The molecule has 3 nitrogen and oxygen atoms in total. The summed E-state index contributed by atoms with van der Waals surface area (Å²) >= 11 is 5.87.